The number of hydrogen-bond acceptors (Lipinski definition) is 2. The molecule has 0 amide bonds. The summed E-state index contributed by atoms with van der Waals surface area (Å²) in [6.07, 6.45) is 1.83. The Kier molecular flexibility index (Phi) is 5.87. The third-order valence-electron chi connectivity index (χ3n) is 10.3. The van der Waals surface area contributed by atoms with Crippen molar-refractivity contribution in [3.8, 4) is 39.6 Å². The molecule has 0 aliphatic carbocycles. The minimum absolute atomic E-state index is 0.0271. The zero-order valence-electron chi connectivity index (χ0n) is 43.8. The second-order valence-corrected chi connectivity index (χ2v) is 15.0. The van der Waals surface area contributed by atoms with E-state index in [9.17, 15) is 0 Å². The number of aryl methyl sites for hydroxylation is 1. The first kappa shape index (κ1) is 24.3. The van der Waals surface area contributed by atoms with Gasteiger partial charge < -0.3 is 4.74 Å². The molecule has 0 fully saturated rings. The monoisotopic (exact) mass is 762 g/mol. The molecule has 0 spiro atoms. The second kappa shape index (κ2) is 14.0. The van der Waals surface area contributed by atoms with Gasteiger partial charge in [-0.25, -0.2) is 4.98 Å². The van der Waals surface area contributed by atoms with Crippen LogP contribution in [0.25, 0.3) is 49.9 Å². The van der Waals surface area contributed by atoms with Crippen molar-refractivity contribution >= 4 is 50.6 Å². The average molecular weight is 763 g/mol. The fourth-order valence-corrected chi connectivity index (χ4v) is 7.60. The summed E-state index contributed by atoms with van der Waals surface area (Å²) in [6.45, 7) is 3.77. The molecule has 5 nitrogen and oxygen atoms in total. The first-order valence-electron chi connectivity index (χ1n) is 24.8. The van der Waals surface area contributed by atoms with Gasteiger partial charge in [0.25, 0.3) is 5.69 Å². The normalized spacial score (nSPS) is 15.6. The number of benzene rings is 7. The van der Waals surface area contributed by atoms with E-state index >= 15 is 0 Å². The number of rotatable bonds is 7. The summed E-state index contributed by atoms with van der Waals surface area (Å²) in [5, 5.41) is 2.06. The Bertz CT molecular complexity index is 3740. The van der Waals surface area contributed by atoms with E-state index in [2.05, 4.69) is 49.5 Å². The third-order valence-corrected chi connectivity index (χ3v) is 10.3. The molecule has 7 aromatic carbocycles. The highest BCUT2D eigenvalue weighted by molar-refractivity contribution is 6.09. The van der Waals surface area contributed by atoms with Crippen LogP contribution in [0.2, 0.25) is 0 Å². The van der Waals surface area contributed by atoms with Crippen LogP contribution in [-0.4, -0.2) is 15.6 Å². The smallest absolute Gasteiger partial charge is 0.457 e. The quantitative estimate of drug-likeness (QED) is 0.152. The van der Waals surface area contributed by atoms with Gasteiger partial charge in [0.15, 0.2) is 0 Å². The largest absolute Gasteiger partial charge is 0.503 e. The predicted octanol–water partition coefficient (Wildman–Crippen LogP) is 13.8. The molecule has 10 rings (SSSR count). The Morgan fingerprint density at radius 1 is 0.638 bits per heavy atom. The number of hydrogen-bond donors (Lipinski definition) is 0. The van der Waals surface area contributed by atoms with E-state index in [0.29, 0.717) is 22.9 Å². The summed E-state index contributed by atoms with van der Waals surface area (Å²) in [5.41, 5.74) is 3.57. The van der Waals surface area contributed by atoms with Gasteiger partial charge in [-0.3, -0.25) is 4.57 Å². The first-order chi connectivity index (χ1) is 33.2. The molecule has 0 N–H and O–H groups in total. The lowest BCUT2D eigenvalue weighted by atomic mass is 9.88. The van der Waals surface area contributed by atoms with Gasteiger partial charge in [0.1, 0.15) is 17.3 Å². The topological polar surface area (TPSA) is 33.1 Å². The fourth-order valence-electron chi connectivity index (χ4n) is 7.60. The molecule has 0 atom stereocenters. The summed E-state index contributed by atoms with van der Waals surface area (Å²) >= 11 is 0. The molecule has 0 unspecified atom stereocenters. The van der Waals surface area contributed by atoms with Crippen LogP contribution in [0.3, 0.4) is 0 Å². The molecule has 3 heterocycles. The molecule has 0 saturated heterocycles. The van der Waals surface area contributed by atoms with E-state index in [1.54, 1.807) is 47.0 Å². The van der Waals surface area contributed by atoms with Crippen LogP contribution in [0.5, 0.6) is 11.5 Å². The van der Waals surface area contributed by atoms with E-state index in [4.69, 9.17) is 26.2 Å². The van der Waals surface area contributed by atoms with E-state index in [0.717, 1.165) is 39.3 Å². The van der Waals surface area contributed by atoms with Crippen LogP contribution in [0.4, 0.5) is 22.7 Å². The number of aromatic nitrogens is 2. The number of para-hydroxylation sites is 3. The maximum Gasteiger partial charge on any atom is 0.503 e. The molecule has 9 aromatic rings. The molecule has 0 saturated carbocycles. The van der Waals surface area contributed by atoms with Crippen LogP contribution in [0.1, 0.15) is 48.3 Å². The van der Waals surface area contributed by atoms with Gasteiger partial charge >= 0.3 is 11.7 Å². The van der Waals surface area contributed by atoms with Crippen molar-refractivity contribution in [3.63, 3.8) is 0 Å². The van der Waals surface area contributed by atoms with E-state index < -0.39 is 49.1 Å². The van der Waals surface area contributed by atoms with Crippen molar-refractivity contribution in [1.82, 2.24) is 18.7 Å². The van der Waals surface area contributed by atoms with Gasteiger partial charge in [0.2, 0.25) is 11.4 Å². The second-order valence-electron chi connectivity index (χ2n) is 15.0. The van der Waals surface area contributed by atoms with Crippen LogP contribution in [0.15, 0.2) is 182 Å². The molecule has 5 heteroatoms. The molecule has 2 aromatic heterocycles. The number of pyridine rings is 1. The highest BCUT2D eigenvalue weighted by Gasteiger charge is 2.40. The van der Waals surface area contributed by atoms with Crippen LogP contribution >= 0.6 is 0 Å². The predicted molar refractivity (Wildman–Crippen MR) is 240 cm³/mol. The molecule has 1 aliphatic rings. The minimum Gasteiger partial charge on any atom is -0.457 e. The summed E-state index contributed by atoms with van der Waals surface area (Å²) in [6, 6.07) is 34.6. The Hall–Kier alpha value is -7.33. The summed E-state index contributed by atoms with van der Waals surface area (Å²) < 4.78 is 116. The fraction of sp³-hybridized carbons (Fsp3) is 0.0943. The molecule has 58 heavy (non-hydrogen) atoms. The molecule has 0 bridgehead atoms. The Morgan fingerprint density at radius 3 is 2.21 bits per heavy atom. The van der Waals surface area contributed by atoms with Gasteiger partial charge in [0, 0.05) is 44.8 Å². The van der Waals surface area contributed by atoms with Crippen molar-refractivity contribution in [3.05, 3.63) is 193 Å². The molecular formula is C53H42N4O+2. The third kappa shape index (κ3) is 6.10. The summed E-state index contributed by atoms with van der Waals surface area (Å²) in [7, 11) is 0. The van der Waals surface area contributed by atoms with Crippen molar-refractivity contribution in [2.75, 3.05) is 0 Å². The van der Waals surface area contributed by atoms with Crippen molar-refractivity contribution in [2.45, 2.75) is 33.0 Å². The Balaban J connectivity index is 1.20. The molecule has 1 aliphatic heterocycles. The van der Waals surface area contributed by atoms with Crippen LogP contribution in [0, 0.1) is 6.85 Å². The molecule has 0 radical (unpaired) electrons. The lowest BCUT2D eigenvalue weighted by Gasteiger charge is -2.20. The number of fused-ring (bicyclic) bond motifs is 4. The first-order valence-corrected chi connectivity index (χ1v) is 18.8. The minimum atomic E-state index is -2.72. The van der Waals surface area contributed by atoms with Crippen molar-refractivity contribution in [2.24, 2.45) is 0 Å². The van der Waals surface area contributed by atoms with Gasteiger partial charge in [-0.2, -0.15) is 0 Å². The van der Waals surface area contributed by atoms with Crippen LogP contribution in [-0.2, 0) is 5.41 Å². The van der Waals surface area contributed by atoms with Crippen LogP contribution < -0.4 is 13.9 Å². The lowest BCUT2D eigenvalue weighted by Crippen LogP contribution is -2.12. The van der Waals surface area contributed by atoms with Gasteiger partial charge in [-0.15, -0.1) is 0 Å². The number of ether oxygens (including phenoxy) is 1. The highest BCUT2D eigenvalue weighted by atomic mass is 16.5. The van der Waals surface area contributed by atoms with E-state index in [1.165, 1.54) is 22.8 Å². The highest BCUT2D eigenvalue weighted by Crippen LogP contribution is 2.46. The SMILES string of the molecule is [2H]c1cc([2H])c(-c2cccc(-c3c([2H])c([2H])c([2H])c([2H])c3[2H])c2[N+]2=C=[N+](c3cccc(Oc4ccc5c6ccccc6n(-c6cc(C(C)(C)C)ccn6)c5c4)c3)c3cccc(C([2H])([2H])[2H])c32)c([2H])c1[2H]. The summed E-state index contributed by atoms with van der Waals surface area (Å²) in [5.74, 6) is 1.72. The average Bonchev–Trinajstić information content (AvgIpc) is 3.88. The Morgan fingerprint density at radius 2 is 1.38 bits per heavy atom. The zero-order valence-corrected chi connectivity index (χ0v) is 31.8. The maximum atomic E-state index is 9.04. The standard InChI is InChI=1S/C53H42N4O/c1-36-16-13-27-48-51(36)56(52-43(37-17-7-5-8-18-37)24-15-25-44(52)38-19-9-6-10-20-38)35-55(48)40-21-14-22-41(33-40)58-42-28-29-46-45-23-11-12-26-47(45)57(49(46)34-42)50-32-39(30-31-54-50)53(2,3)4/h5-34H,1-4H3/q+2/i1D3,5D,6D,7D,8D,9D,17D,18D,19D,20D. The van der Waals surface area contributed by atoms with Crippen molar-refractivity contribution in [1.29, 1.82) is 0 Å². The van der Waals surface area contributed by atoms with E-state index in [1.807, 2.05) is 42.6 Å². The number of nitrogens with zero attached hydrogens (tertiary/aromatic N) is 4. The van der Waals surface area contributed by atoms with Gasteiger partial charge in [-0.05, 0) is 86.6 Å². The Labute approximate surface area is 355 Å². The molecule has 278 valence electrons. The van der Waals surface area contributed by atoms with Gasteiger partial charge in [0.05, 0.1) is 40.6 Å². The maximum absolute atomic E-state index is 9.04. The summed E-state index contributed by atoms with van der Waals surface area (Å²) in [4.78, 5) is 4.81. The lowest BCUT2D eigenvalue weighted by molar-refractivity contribution is 0.483. The van der Waals surface area contributed by atoms with E-state index in [-0.39, 0.29) is 56.7 Å². The zero-order chi connectivity index (χ0) is 49.7. The van der Waals surface area contributed by atoms with Gasteiger partial charge in [-0.1, -0.05) is 124 Å². The molecular weight excluding hydrogens is 709 g/mol. The van der Waals surface area contributed by atoms with Crippen molar-refractivity contribution < 1.29 is 21.2 Å².